The number of hydrogen-bond acceptors (Lipinski definition) is 6. The van der Waals surface area contributed by atoms with E-state index in [1.54, 1.807) is 6.07 Å². The van der Waals surface area contributed by atoms with Crippen molar-refractivity contribution in [2.24, 2.45) is 0 Å². The second-order valence-corrected chi connectivity index (χ2v) is 6.64. The molecule has 10 heteroatoms. The van der Waals surface area contributed by atoms with Crippen molar-refractivity contribution in [2.45, 2.75) is 24.8 Å². The lowest BCUT2D eigenvalue weighted by Gasteiger charge is -2.15. The van der Waals surface area contributed by atoms with Crippen molar-refractivity contribution >= 4 is 21.8 Å². The van der Waals surface area contributed by atoms with E-state index < -0.39 is 27.4 Å². The Kier molecular flexibility index (Phi) is 5.08. The van der Waals surface area contributed by atoms with Gasteiger partial charge in [0.1, 0.15) is 11.8 Å². The van der Waals surface area contributed by atoms with Crippen LogP contribution in [0.2, 0.25) is 0 Å². The molecule has 0 radical (unpaired) electrons. The first-order valence-electron chi connectivity index (χ1n) is 6.97. The third kappa shape index (κ3) is 3.76. The van der Waals surface area contributed by atoms with Gasteiger partial charge in [0.15, 0.2) is 0 Å². The molecular formula is C15H12F3NO5S. The number of halogens is 3. The van der Waals surface area contributed by atoms with E-state index >= 15 is 0 Å². The predicted octanol–water partition coefficient (Wildman–Crippen LogP) is 2.89. The van der Waals surface area contributed by atoms with Crippen molar-refractivity contribution in [1.82, 2.24) is 0 Å². The van der Waals surface area contributed by atoms with Gasteiger partial charge in [0.05, 0.1) is 18.2 Å². The van der Waals surface area contributed by atoms with Gasteiger partial charge in [-0.25, -0.2) is 4.79 Å². The molecule has 1 aromatic rings. The second-order valence-electron chi connectivity index (χ2n) is 5.10. The molecule has 1 aromatic carbocycles. The number of rotatable bonds is 3. The van der Waals surface area contributed by atoms with E-state index in [0.717, 1.165) is 13.2 Å². The minimum Gasteiger partial charge on any atom is -0.465 e. The molecule has 6 nitrogen and oxygen atoms in total. The first-order chi connectivity index (χ1) is 11.6. The average Bonchev–Trinajstić information content (AvgIpc) is 2.73. The molecule has 0 fully saturated rings. The Labute approximate surface area is 141 Å². The topological polar surface area (TPSA) is 93.5 Å². The zero-order valence-corrected chi connectivity index (χ0v) is 13.7. The van der Waals surface area contributed by atoms with Crippen molar-refractivity contribution in [3.63, 3.8) is 0 Å². The number of nitrogens with zero attached hydrogens (tertiary/aromatic N) is 1. The highest BCUT2D eigenvalue weighted by Crippen LogP contribution is 2.34. The van der Waals surface area contributed by atoms with Crippen LogP contribution in [0, 0.1) is 11.3 Å². The highest BCUT2D eigenvalue weighted by molar-refractivity contribution is 7.87. The molecule has 0 atom stereocenters. The molecule has 0 aromatic heterocycles. The number of aryl methyl sites for hydroxylation is 1. The van der Waals surface area contributed by atoms with Crippen LogP contribution in [0.3, 0.4) is 0 Å². The van der Waals surface area contributed by atoms with E-state index in [0.29, 0.717) is 18.4 Å². The van der Waals surface area contributed by atoms with Gasteiger partial charge in [-0.05, 0) is 43.0 Å². The Morgan fingerprint density at radius 2 is 2.00 bits per heavy atom. The van der Waals surface area contributed by atoms with Crippen LogP contribution in [0.5, 0.6) is 0 Å². The fraction of sp³-hybridized carbons (Fsp3) is 0.333. The van der Waals surface area contributed by atoms with Gasteiger partial charge in [-0.1, -0.05) is 0 Å². The Morgan fingerprint density at radius 1 is 1.32 bits per heavy atom. The molecular weight excluding hydrogens is 363 g/mol. The maximum Gasteiger partial charge on any atom is 0.534 e. The van der Waals surface area contributed by atoms with Crippen LogP contribution in [0.1, 0.15) is 39.9 Å². The van der Waals surface area contributed by atoms with Gasteiger partial charge in [-0.2, -0.15) is 26.9 Å². The number of carbonyl (C=O) groups excluding carboxylic acids is 1. The third-order valence-electron chi connectivity index (χ3n) is 3.50. The molecule has 0 aliphatic heterocycles. The minimum absolute atomic E-state index is 0.0227. The second kappa shape index (κ2) is 6.76. The summed E-state index contributed by atoms with van der Waals surface area (Å²) in [6.45, 7) is 0. The van der Waals surface area contributed by atoms with E-state index in [4.69, 9.17) is 5.26 Å². The van der Waals surface area contributed by atoms with E-state index in [1.807, 2.05) is 0 Å². The third-order valence-corrected chi connectivity index (χ3v) is 4.46. The molecule has 0 bridgehead atoms. The molecule has 25 heavy (non-hydrogen) atoms. The summed E-state index contributed by atoms with van der Waals surface area (Å²) < 4.78 is 69.1. The van der Waals surface area contributed by atoms with Crippen molar-refractivity contribution < 1.29 is 35.3 Å². The van der Waals surface area contributed by atoms with E-state index in [-0.39, 0.29) is 23.1 Å². The first kappa shape index (κ1) is 18.8. The summed E-state index contributed by atoms with van der Waals surface area (Å²) in [6, 6.07) is 4.18. The summed E-state index contributed by atoms with van der Waals surface area (Å²) in [5, 5.41) is 9.17. The smallest absolute Gasteiger partial charge is 0.465 e. The van der Waals surface area contributed by atoms with Gasteiger partial charge in [-0.15, -0.1) is 0 Å². The number of nitriles is 1. The summed E-state index contributed by atoms with van der Waals surface area (Å²) in [5.74, 6) is -1.30. The minimum atomic E-state index is -5.85. The molecule has 2 rings (SSSR count). The van der Waals surface area contributed by atoms with Gasteiger partial charge < -0.3 is 8.92 Å². The molecule has 0 unspecified atom stereocenters. The molecule has 0 saturated carbocycles. The lowest BCUT2D eigenvalue weighted by molar-refractivity contribution is -0.0509. The first-order valence-corrected chi connectivity index (χ1v) is 8.38. The Bertz CT molecular complexity index is 882. The van der Waals surface area contributed by atoms with Gasteiger partial charge in [0, 0.05) is 5.56 Å². The Hall–Kier alpha value is -2.54. The SMILES string of the molecule is COC(=O)c1cc2c(cc1C#N)C(OS(=O)(=O)C(F)(F)F)=CCCC2. The van der Waals surface area contributed by atoms with Crippen LogP contribution in [-0.4, -0.2) is 27.0 Å². The van der Waals surface area contributed by atoms with Crippen LogP contribution >= 0.6 is 0 Å². The monoisotopic (exact) mass is 375 g/mol. The van der Waals surface area contributed by atoms with Gasteiger partial charge >= 0.3 is 21.6 Å². The van der Waals surface area contributed by atoms with Crippen LogP contribution in [-0.2, 0) is 25.5 Å². The number of alkyl halides is 3. The summed E-state index contributed by atoms with van der Waals surface area (Å²) >= 11 is 0. The summed E-state index contributed by atoms with van der Waals surface area (Å²) in [7, 11) is -4.73. The Balaban J connectivity index is 2.58. The summed E-state index contributed by atoms with van der Waals surface area (Å²) in [4.78, 5) is 11.7. The van der Waals surface area contributed by atoms with Crippen LogP contribution in [0.25, 0.3) is 5.76 Å². The number of allylic oxidation sites excluding steroid dienone is 1. The van der Waals surface area contributed by atoms with Crippen molar-refractivity contribution in [2.75, 3.05) is 7.11 Å². The molecule has 0 saturated heterocycles. The maximum absolute atomic E-state index is 12.6. The molecule has 1 aliphatic carbocycles. The molecule has 0 heterocycles. The molecule has 0 spiro atoms. The number of benzene rings is 1. The molecule has 134 valence electrons. The number of fused-ring (bicyclic) bond motifs is 1. The van der Waals surface area contributed by atoms with Crippen LogP contribution < -0.4 is 0 Å². The lowest BCUT2D eigenvalue weighted by atomic mass is 9.96. The number of methoxy groups -OCH3 is 1. The summed E-state index contributed by atoms with van der Waals surface area (Å²) in [6.07, 6.45) is 2.35. The van der Waals surface area contributed by atoms with Gasteiger partial charge in [-0.3, -0.25) is 0 Å². The standard InChI is InChI=1S/C15H12F3NO5S/c1-23-14(20)12-6-9-4-2-3-5-13(11(9)7-10(12)8-19)24-25(21,22)15(16,17)18/h5-7H,2-4H2,1H3. The predicted molar refractivity (Wildman–Crippen MR) is 79.5 cm³/mol. The quantitative estimate of drug-likeness (QED) is 0.458. The molecule has 1 aliphatic rings. The molecule has 0 N–H and O–H groups in total. The van der Waals surface area contributed by atoms with Crippen molar-refractivity contribution in [3.05, 3.63) is 40.5 Å². The number of hydrogen-bond donors (Lipinski definition) is 0. The van der Waals surface area contributed by atoms with Crippen LogP contribution in [0.15, 0.2) is 18.2 Å². The maximum atomic E-state index is 12.6. The van der Waals surface area contributed by atoms with E-state index in [2.05, 4.69) is 8.92 Å². The van der Waals surface area contributed by atoms with E-state index in [1.165, 1.54) is 12.1 Å². The fourth-order valence-corrected chi connectivity index (χ4v) is 2.82. The van der Waals surface area contributed by atoms with Gasteiger partial charge in [0.2, 0.25) is 0 Å². The lowest BCUT2D eigenvalue weighted by Crippen LogP contribution is -2.25. The molecule has 0 amide bonds. The number of esters is 1. The Morgan fingerprint density at radius 3 is 2.56 bits per heavy atom. The van der Waals surface area contributed by atoms with Gasteiger partial charge in [0.25, 0.3) is 0 Å². The highest BCUT2D eigenvalue weighted by Gasteiger charge is 2.49. The highest BCUT2D eigenvalue weighted by atomic mass is 32.2. The largest absolute Gasteiger partial charge is 0.534 e. The normalized spacial score (nSPS) is 14.6. The zero-order chi connectivity index (χ0) is 18.8. The van der Waals surface area contributed by atoms with Crippen molar-refractivity contribution in [1.29, 1.82) is 5.26 Å². The number of carbonyl (C=O) groups is 1. The zero-order valence-electron chi connectivity index (χ0n) is 12.9. The average molecular weight is 375 g/mol. The summed E-state index contributed by atoms with van der Waals surface area (Å²) in [5.41, 5.74) is -5.38. The van der Waals surface area contributed by atoms with Crippen molar-refractivity contribution in [3.8, 4) is 6.07 Å². The number of ether oxygens (including phenoxy) is 1. The van der Waals surface area contributed by atoms with E-state index in [9.17, 15) is 26.4 Å². The van der Waals surface area contributed by atoms with Crippen LogP contribution in [0.4, 0.5) is 13.2 Å². The fourth-order valence-electron chi connectivity index (χ4n) is 2.33.